The Bertz CT molecular complexity index is 1560. The quantitative estimate of drug-likeness (QED) is 0.267. The molecule has 10 heteroatoms. The molecule has 0 aliphatic carbocycles. The van der Waals surface area contributed by atoms with Gasteiger partial charge in [0.15, 0.2) is 0 Å². The summed E-state index contributed by atoms with van der Waals surface area (Å²) in [5.74, 6) is 0.0106. The van der Waals surface area contributed by atoms with Crippen molar-refractivity contribution >= 4 is 50.6 Å². The Morgan fingerprint density at radius 2 is 1.83 bits per heavy atom. The zero-order chi connectivity index (χ0) is 25.1. The third kappa shape index (κ3) is 4.89. The fourth-order valence-electron chi connectivity index (χ4n) is 3.84. The fourth-order valence-corrected chi connectivity index (χ4v) is 4.93. The van der Waals surface area contributed by atoms with Gasteiger partial charge in [-0.2, -0.15) is 5.10 Å². The van der Waals surface area contributed by atoms with Crippen molar-refractivity contribution in [2.75, 3.05) is 16.4 Å². The highest BCUT2D eigenvalue weighted by molar-refractivity contribution is 7.18. The molecule has 0 unspecified atom stereocenters. The number of fused-ring (bicyclic) bond motifs is 1. The topological polar surface area (TPSA) is 127 Å². The molecule has 5 rings (SSSR count). The van der Waals surface area contributed by atoms with Crippen molar-refractivity contribution in [2.45, 2.75) is 6.54 Å². The molecule has 0 saturated heterocycles. The van der Waals surface area contributed by atoms with Crippen molar-refractivity contribution in [3.8, 4) is 11.1 Å². The molecule has 3 heterocycles. The zero-order valence-electron chi connectivity index (χ0n) is 19.4. The number of urea groups is 1. The van der Waals surface area contributed by atoms with E-state index in [1.165, 1.54) is 11.3 Å². The van der Waals surface area contributed by atoms with Crippen LogP contribution in [0.15, 0.2) is 78.6 Å². The third-order valence-corrected chi connectivity index (χ3v) is 6.57. The van der Waals surface area contributed by atoms with Crippen molar-refractivity contribution in [3.05, 3.63) is 89.7 Å². The van der Waals surface area contributed by atoms with Gasteiger partial charge in [-0.15, -0.1) is 11.3 Å². The Balaban J connectivity index is 1.30. The Morgan fingerprint density at radius 3 is 2.61 bits per heavy atom. The fraction of sp³-hybridized carbons (Fsp3) is 0.0769. The molecular weight excluding hydrogens is 474 g/mol. The number of rotatable bonds is 6. The van der Waals surface area contributed by atoms with Gasteiger partial charge in [-0.3, -0.25) is 9.48 Å². The predicted molar refractivity (Wildman–Crippen MR) is 143 cm³/mol. The molecule has 0 aliphatic heterocycles. The van der Waals surface area contributed by atoms with Gasteiger partial charge in [-0.1, -0.05) is 30.3 Å². The van der Waals surface area contributed by atoms with E-state index in [1.54, 1.807) is 28.5 Å². The summed E-state index contributed by atoms with van der Waals surface area (Å²) in [6.45, 7) is 0.301. The monoisotopic (exact) mass is 497 g/mol. The summed E-state index contributed by atoms with van der Waals surface area (Å²) in [6.07, 6.45) is 5.36. The number of nitrogen functional groups attached to an aromatic ring is 1. The summed E-state index contributed by atoms with van der Waals surface area (Å²) in [6, 6.07) is 16.2. The number of nitrogens with two attached hydrogens (primary N) is 1. The second-order valence-electron chi connectivity index (χ2n) is 8.14. The van der Waals surface area contributed by atoms with E-state index >= 15 is 0 Å². The third-order valence-electron chi connectivity index (χ3n) is 5.55. The highest BCUT2D eigenvalue weighted by Crippen LogP contribution is 2.37. The van der Waals surface area contributed by atoms with E-state index in [1.807, 2.05) is 61.8 Å². The van der Waals surface area contributed by atoms with Crippen LogP contribution in [0.2, 0.25) is 0 Å². The lowest BCUT2D eigenvalue weighted by molar-refractivity contribution is 0.102. The number of benzene rings is 2. The van der Waals surface area contributed by atoms with Crippen LogP contribution < -0.4 is 21.7 Å². The molecule has 0 saturated carbocycles. The number of para-hydroxylation sites is 1. The minimum absolute atomic E-state index is 0.287. The van der Waals surface area contributed by atoms with Crippen molar-refractivity contribution in [1.82, 2.24) is 20.1 Å². The lowest BCUT2D eigenvalue weighted by Gasteiger charge is -2.10. The average molecular weight is 498 g/mol. The van der Waals surface area contributed by atoms with Crippen LogP contribution in [0, 0.1) is 0 Å². The van der Waals surface area contributed by atoms with Gasteiger partial charge in [0, 0.05) is 64.0 Å². The molecule has 5 N–H and O–H groups in total. The molecule has 0 atom stereocenters. The number of amides is 3. The van der Waals surface area contributed by atoms with Crippen molar-refractivity contribution in [3.63, 3.8) is 0 Å². The zero-order valence-corrected chi connectivity index (χ0v) is 20.2. The number of hydrogen-bond donors (Lipinski definition) is 4. The summed E-state index contributed by atoms with van der Waals surface area (Å²) in [5.41, 5.74) is 10.6. The summed E-state index contributed by atoms with van der Waals surface area (Å²) in [4.78, 5) is 29.7. The van der Waals surface area contributed by atoms with E-state index in [4.69, 9.17) is 5.73 Å². The van der Waals surface area contributed by atoms with Gasteiger partial charge in [0.1, 0.15) is 5.82 Å². The lowest BCUT2D eigenvalue weighted by Crippen LogP contribution is -2.28. The van der Waals surface area contributed by atoms with E-state index in [9.17, 15) is 9.59 Å². The smallest absolute Gasteiger partial charge is 0.319 e. The van der Waals surface area contributed by atoms with E-state index in [2.05, 4.69) is 26.0 Å². The van der Waals surface area contributed by atoms with Crippen LogP contribution in [0.4, 0.5) is 22.0 Å². The SMILES string of the molecule is Cn1cc(-c2cnc(N)c3c(C(=O)Nc4cccc(CNC(=O)Nc5ccccc5)c4)csc23)cn1. The van der Waals surface area contributed by atoms with E-state index < -0.39 is 0 Å². The molecule has 0 fully saturated rings. The van der Waals surface area contributed by atoms with Crippen LogP contribution in [0.3, 0.4) is 0 Å². The summed E-state index contributed by atoms with van der Waals surface area (Å²) < 4.78 is 2.59. The highest BCUT2D eigenvalue weighted by Gasteiger charge is 2.19. The maximum Gasteiger partial charge on any atom is 0.319 e. The van der Waals surface area contributed by atoms with Crippen LogP contribution in [0.5, 0.6) is 0 Å². The summed E-state index contributed by atoms with van der Waals surface area (Å²) in [7, 11) is 1.85. The molecule has 36 heavy (non-hydrogen) atoms. The molecule has 0 bridgehead atoms. The van der Waals surface area contributed by atoms with Gasteiger partial charge in [0.25, 0.3) is 5.91 Å². The Morgan fingerprint density at radius 1 is 1.03 bits per heavy atom. The molecule has 180 valence electrons. The largest absolute Gasteiger partial charge is 0.383 e. The number of carbonyl (C=O) groups excluding carboxylic acids is 2. The first-order valence-electron chi connectivity index (χ1n) is 11.1. The van der Waals surface area contributed by atoms with Crippen LogP contribution in [0.25, 0.3) is 21.2 Å². The Kier molecular flexibility index (Phi) is 6.33. The number of aromatic nitrogens is 3. The first-order chi connectivity index (χ1) is 17.5. The van der Waals surface area contributed by atoms with Gasteiger partial charge >= 0.3 is 6.03 Å². The summed E-state index contributed by atoms with van der Waals surface area (Å²) in [5, 5.41) is 15.2. The van der Waals surface area contributed by atoms with Gasteiger partial charge < -0.3 is 21.7 Å². The molecule has 0 aliphatic rings. The predicted octanol–water partition coefficient (Wildman–Crippen LogP) is 4.85. The van der Waals surface area contributed by atoms with Gasteiger partial charge in [0.2, 0.25) is 0 Å². The maximum absolute atomic E-state index is 13.2. The first kappa shape index (κ1) is 23.1. The second-order valence-corrected chi connectivity index (χ2v) is 9.02. The molecular formula is C26H23N7O2S. The van der Waals surface area contributed by atoms with E-state index in [0.29, 0.717) is 34.7 Å². The molecule has 5 aromatic rings. The van der Waals surface area contributed by atoms with E-state index in [0.717, 1.165) is 21.4 Å². The van der Waals surface area contributed by atoms with Gasteiger partial charge in [-0.05, 0) is 29.8 Å². The molecule has 9 nitrogen and oxygen atoms in total. The Hall–Kier alpha value is -4.70. The van der Waals surface area contributed by atoms with Crippen molar-refractivity contribution in [2.24, 2.45) is 7.05 Å². The molecule has 3 amide bonds. The molecule has 3 aromatic heterocycles. The number of pyridine rings is 1. The number of nitrogens with one attached hydrogen (secondary N) is 3. The van der Waals surface area contributed by atoms with Crippen LogP contribution in [0.1, 0.15) is 15.9 Å². The normalized spacial score (nSPS) is 10.8. The van der Waals surface area contributed by atoms with Crippen molar-refractivity contribution < 1.29 is 9.59 Å². The first-order valence-corrected chi connectivity index (χ1v) is 12.0. The second kappa shape index (κ2) is 9.88. The minimum Gasteiger partial charge on any atom is -0.383 e. The standard InChI is InChI=1S/C26H23N7O2S/c1-33-14-17(12-30-33)20-13-28-24(27)22-21(15-36-23(20)22)25(34)31-19-9-5-6-16(10-19)11-29-26(35)32-18-7-3-2-4-8-18/h2-10,12-15H,11H2,1H3,(H2,27,28)(H,31,34)(H2,29,32,35). The molecule has 0 spiro atoms. The van der Waals surface area contributed by atoms with E-state index in [-0.39, 0.29) is 11.9 Å². The van der Waals surface area contributed by atoms with Crippen LogP contribution >= 0.6 is 11.3 Å². The van der Waals surface area contributed by atoms with Crippen LogP contribution in [-0.4, -0.2) is 26.7 Å². The highest BCUT2D eigenvalue weighted by atomic mass is 32.1. The van der Waals surface area contributed by atoms with Gasteiger partial charge in [0.05, 0.1) is 11.8 Å². The van der Waals surface area contributed by atoms with Crippen molar-refractivity contribution in [1.29, 1.82) is 0 Å². The minimum atomic E-state index is -0.312. The molecule has 0 radical (unpaired) electrons. The number of hydrogen-bond acceptors (Lipinski definition) is 6. The lowest BCUT2D eigenvalue weighted by atomic mass is 10.1. The van der Waals surface area contributed by atoms with Crippen LogP contribution in [-0.2, 0) is 13.6 Å². The number of thiophene rings is 1. The summed E-state index contributed by atoms with van der Waals surface area (Å²) >= 11 is 1.44. The number of aryl methyl sites for hydroxylation is 1. The average Bonchev–Trinajstić information content (AvgIpc) is 3.51. The molecule has 2 aromatic carbocycles. The number of anilines is 3. The number of nitrogens with zero attached hydrogens (tertiary/aromatic N) is 3. The van der Waals surface area contributed by atoms with Gasteiger partial charge in [-0.25, -0.2) is 9.78 Å². The maximum atomic E-state index is 13.2. The Labute approximate surface area is 211 Å². The number of carbonyl (C=O) groups is 2.